The van der Waals surface area contributed by atoms with Gasteiger partial charge in [-0.3, -0.25) is 9.69 Å². The maximum Gasteiger partial charge on any atom is 0.239 e. The Morgan fingerprint density at radius 1 is 1.90 bits per heavy atom. The molecule has 0 aliphatic carbocycles. The highest BCUT2D eigenvalue weighted by molar-refractivity contribution is 8.23. The molecule has 0 spiro atoms. The van der Waals surface area contributed by atoms with Crippen LogP contribution < -0.4 is 0 Å². The molecule has 1 heterocycles. The molecule has 0 aromatic rings. The lowest BCUT2D eigenvalue weighted by molar-refractivity contribution is -0.123. The van der Waals surface area contributed by atoms with Crippen LogP contribution in [-0.2, 0) is 4.79 Å². The average molecular weight is 171 g/mol. The Morgan fingerprint density at radius 2 is 2.60 bits per heavy atom. The van der Waals surface area contributed by atoms with E-state index in [1.807, 2.05) is 0 Å². The van der Waals surface area contributed by atoms with Crippen LogP contribution in [0.15, 0.2) is 0 Å². The molecule has 1 aliphatic rings. The second-order valence-electron chi connectivity index (χ2n) is 1.74. The monoisotopic (exact) mass is 171 g/mol. The summed E-state index contributed by atoms with van der Waals surface area (Å²) in [7, 11) is 0. The standard InChI is InChI=1S/C6H5NOS2/c1-2-3-7-5(8)4-10-6(7)9/h1H,3-4H2. The summed E-state index contributed by atoms with van der Waals surface area (Å²) >= 11 is 6.22. The zero-order chi connectivity index (χ0) is 7.56. The third-order valence-electron chi connectivity index (χ3n) is 1.09. The number of rotatable bonds is 1. The third kappa shape index (κ3) is 1.31. The summed E-state index contributed by atoms with van der Waals surface area (Å²) in [5.41, 5.74) is 0. The molecule has 1 aliphatic heterocycles. The Bertz CT molecular complexity index is 202. The van der Waals surface area contributed by atoms with Crippen LogP contribution in [0.5, 0.6) is 0 Å². The van der Waals surface area contributed by atoms with E-state index >= 15 is 0 Å². The third-order valence-corrected chi connectivity index (χ3v) is 2.52. The molecule has 0 saturated carbocycles. The molecule has 0 bridgehead atoms. The van der Waals surface area contributed by atoms with Crippen molar-refractivity contribution >= 4 is 34.2 Å². The van der Waals surface area contributed by atoms with Gasteiger partial charge in [0, 0.05) is 0 Å². The van der Waals surface area contributed by atoms with Crippen LogP contribution in [0.2, 0.25) is 0 Å². The van der Waals surface area contributed by atoms with E-state index in [0.29, 0.717) is 16.6 Å². The Kier molecular flexibility index (Phi) is 2.30. The highest BCUT2D eigenvalue weighted by atomic mass is 32.2. The lowest BCUT2D eigenvalue weighted by Gasteiger charge is -2.08. The Labute approximate surface area is 69.0 Å². The van der Waals surface area contributed by atoms with Gasteiger partial charge in [0.15, 0.2) is 0 Å². The summed E-state index contributed by atoms with van der Waals surface area (Å²) in [6.45, 7) is 0.310. The fourth-order valence-corrected chi connectivity index (χ4v) is 1.69. The second-order valence-corrected chi connectivity index (χ2v) is 3.35. The van der Waals surface area contributed by atoms with Crippen molar-refractivity contribution in [3.05, 3.63) is 0 Å². The number of carbonyl (C=O) groups excluding carboxylic acids is 1. The summed E-state index contributed by atoms with van der Waals surface area (Å²) in [4.78, 5) is 12.3. The number of hydrogen-bond donors (Lipinski definition) is 0. The van der Waals surface area contributed by atoms with Crippen molar-refractivity contribution in [1.82, 2.24) is 4.90 Å². The Hall–Kier alpha value is -0.530. The molecule has 0 unspecified atom stereocenters. The average Bonchev–Trinajstić information content (AvgIpc) is 2.20. The van der Waals surface area contributed by atoms with E-state index in [1.165, 1.54) is 16.7 Å². The van der Waals surface area contributed by atoms with Crippen LogP contribution >= 0.6 is 24.0 Å². The first-order valence-electron chi connectivity index (χ1n) is 2.66. The van der Waals surface area contributed by atoms with Gasteiger partial charge in [-0.05, 0) is 0 Å². The van der Waals surface area contributed by atoms with Gasteiger partial charge in [0.05, 0.1) is 12.3 Å². The highest BCUT2D eigenvalue weighted by Crippen LogP contribution is 2.17. The smallest absolute Gasteiger partial charge is 0.239 e. The minimum absolute atomic E-state index is 0.0213. The molecule has 1 fully saturated rings. The van der Waals surface area contributed by atoms with Crippen LogP contribution in [-0.4, -0.2) is 27.4 Å². The van der Waals surface area contributed by atoms with Gasteiger partial charge in [0.25, 0.3) is 0 Å². The molecule has 0 aromatic heterocycles. The van der Waals surface area contributed by atoms with E-state index in [2.05, 4.69) is 5.92 Å². The first-order chi connectivity index (χ1) is 4.75. The van der Waals surface area contributed by atoms with Gasteiger partial charge in [-0.15, -0.1) is 6.42 Å². The SMILES string of the molecule is C#CCN1C(=O)CSC1=S. The van der Waals surface area contributed by atoms with E-state index in [1.54, 1.807) is 0 Å². The molecule has 52 valence electrons. The van der Waals surface area contributed by atoms with E-state index in [9.17, 15) is 4.79 Å². The van der Waals surface area contributed by atoms with Gasteiger partial charge >= 0.3 is 0 Å². The minimum Gasteiger partial charge on any atom is -0.285 e. The predicted molar refractivity (Wildman–Crippen MR) is 45.6 cm³/mol. The number of thioether (sulfide) groups is 1. The van der Waals surface area contributed by atoms with E-state index in [-0.39, 0.29) is 5.91 Å². The molecular formula is C6H5NOS2. The zero-order valence-electron chi connectivity index (χ0n) is 5.16. The van der Waals surface area contributed by atoms with Crippen LogP contribution in [0.1, 0.15) is 0 Å². The number of terminal acetylenes is 1. The maximum absolute atomic E-state index is 10.9. The van der Waals surface area contributed by atoms with Crippen LogP contribution in [0.3, 0.4) is 0 Å². The zero-order valence-corrected chi connectivity index (χ0v) is 6.80. The molecular weight excluding hydrogens is 166 g/mol. The van der Waals surface area contributed by atoms with Gasteiger partial charge in [0.2, 0.25) is 5.91 Å². The van der Waals surface area contributed by atoms with Crippen LogP contribution in [0.25, 0.3) is 0 Å². The van der Waals surface area contributed by atoms with Gasteiger partial charge < -0.3 is 0 Å². The van der Waals surface area contributed by atoms with Crippen molar-refractivity contribution in [2.45, 2.75) is 0 Å². The van der Waals surface area contributed by atoms with E-state index < -0.39 is 0 Å². The van der Waals surface area contributed by atoms with Gasteiger partial charge in [0.1, 0.15) is 4.32 Å². The normalized spacial score (nSPS) is 17.7. The highest BCUT2D eigenvalue weighted by Gasteiger charge is 2.25. The molecule has 10 heavy (non-hydrogen) atoms. The second kappa shape index (κ2) is 3.04. The summed E-state index contributed by atoms with van der Waals surface area (Å²) in [5, 5.41) is 0. The van der Waals surface area contributed by atoms with Gasteiger partial charge in [-0.2, -0.15) is 0 Å². The number of carbonyl (C=O) groups is 1. The number of thiocarbonyl (C=S) groups is 1. The quantitative estimate of drug-likeness (QED) is 0.423. The molecule has 0 radical (unpaired) electrons. The van der Waals surface area contributed by atoms with Gasteiger partial charge in [-0.1, -0.05) is 29.9 Å². The Morgan fingerprint density at radius 3 is 3.00 bits per heavy atom. The lowest BCUT2D eigenvalue weighted by atomic mass is 10.5. The topological polar surface area (TPSA) is 20.3 Å². The first kappa shape index (κ1) is 7.58. The predicted octanol–water partition coefficient (Wildman–Crippen LogP) is 0.480. The number of hydrogen-bond acceptors (Lipinski definition) is 3. The van der Waals surface area contributed by atoms with E-state index in [0.717, 1.165) is 0 Å². The number of nitrogens with zero attached hydrogens (tertiary/aromatic N) is 1. The van der Waals surface area contributed by atoms with Gasteiger partial charge in [-0.25, -0.2) is 0 Å². The van der Waals surface area contributed by atoms with Crippen molar-refractivity contribution in [3.63, 3.8) is 0 Å². The number of amides is 1. The molecule has 0 aromatic carbocycles. The molecule has 0 atom stereocenters. The first-order valence-corrected chi connectivity index (χ1v) is 4.05. The minimum atomic E-state index is 0.0213. The summed E-state index contributed by atoms with van der Waals surface area (Å²) in [5.74, 6) is 2.84. The van der Waals surface area contributed by atoms with E-state index in [4.69, 9.17) is 18.6 Å². The van der Waals surface area contributed by atoms with Crippen molar-refractivity contribution in [2.24, 2.45) is 0 Å². The molecule has 4 heteroatoms. The fourth-order valence-electron chi connectivity index (χ4n) is 0.625. The van der Waals surface area contributed by atoms with Crippen molar-refractivity contribution in [2.75, 3.05) is 12.3 Å². The molecule has 2 nitrogen and oxygen atoms in total. The summed E-state index contributed by atoms with van der Waals surface area (Å²) < 4.78 is 0.600. The summed E-state index contributed by atoms with van der Waals surface area (Å²) in [6, 6.07) is 0. The van der Waals surface area contributed by atoms with Crippen LogP contribution in [0.4, 0.5) is 0 Å². The fraction of sp³-hybridized carbons (Fsp3) is 0.333. The van der Waals surface area contributed by atoms with Crippen molar-refractivity contribution < 1.29 is 4.79 Å². The maximum atomic E-state index is 10.9. The molecule has 1 amide bonds. The molecule has 0 N–H and O–H groups in total. The van der Waals surface area contributed by atoms with Crippen LogP contribution in [0, 0.1) is 12.3 Å². The molecule has 1 rings (SSSR count). The molecule has 1 saturated heterocycles. The van der Waals surface area contributed by atoms with Crippen molar-refractivity contribution in [3.8, 4) is 12.3 Å². The summed E-state index contributed by atoms with van der Waals surface area (Å²) in [6.07, 6.45) is 5.02. The largest absolute Gasteiger partial charge is 0.285 e. The lowest BCUT2D eigenvalue weighted by Crippen LogP contribution is -2.28. The van der Waals surface area contributed by atoms with Crippen molar-refractivity contribution in [1.29, 1.82) is 0 Å². The Balaban J connectivity index is 2.65.